The molecule has 0 aliphatic heterocycles. The SMILES string of the molecule is Brc1cc2c(o1)-c1oncc1C2. The molecule has 0 saturated carbocycles. The van der Waals surface area contributed by atoms with Crippen molar-refractivity contribution >= 4 is 15.9 Å². The van der Waals surface area contributed by atoms with Gasteiger partial charge < -0.3 is 8.94 Å². The predicted molar refractivity (Wildman–Crippen MR) is 44.7 cm³/mol. The number of aromatic nitrogens is 1. The first kappa shape index (κ1) is 6.48. The number of halogens is 1. The van der Waals surface area contributed by atoms with Gasteiger partial charge in [-0.3, -0.25) is 0 Å². The first-order valence-electron chi connectivity index (χ1n) is 3.57. The zero-order chi connectivity index (χ0) is 8.13. The van der Waals surface area contributed by atoms with Crippen LogP contribution in [0.2, 0.25) is 0 Å². The molecule has 0 saturated heterocycles. The van der Waals surface area contributed by atoms with Crippen molar-refractivity contribution in [2.45, 2.75) is 6.42 Å². The molecule has 3 nitrogen and oxygen atoms in total. The number of hydrogen-bond acceptors (Lipinski definition) is 3. The third-order valence-corrected chi connectivity index (χ3v) is 2.40. The van der Waals surface area contributed by atoms with E-state index in [4.69, 9.17) is 8.94 Å². The van der Waals surface area contributed by atoms with Gasteiger partial charge in [0, 0.05) is 17.5 Å². The minimum atomic E-state index is 0.745. The molecule has 0 spiro atoms. The van der Waals surface area contributed by atoms with E-state index in [1.807, 2.05) is 6.07 Å². The van der Waals surface area contributed by atoms with Crippen molar-refractivity contribution in [3.63, 3.8) is 0 Å². The van der Waals surface area contributed by atoms with E-state index in [9.17, 15) is 0 Å². The van der Waals surface area contributed by atoms with Gasteiger partial charge in [0.2, 0.25) is 5.76 Å². The number of furan rings is 1. The van der Waals surface area contributed by atoms with Crippen LogP contribution >= 0.6 is 15.9 Å². The van der Waals surface area contributed by atoms with Crippen molar-refractivity contribution < 1.29 is 8.94 Å². The summed E-state index contributed by atoms with van der Waals surface area (Å²) in [6, 6.07) is 1.96. The van der Waals surface area contributed by atoms with Crippen LogP contribution in [0.4, 0.5) is 0 Å². The van der Waals surface area contributed by atoms with Crippen LogP contribution in [0.5, 0.6) is 0 Å². The monoisotopic (exact) mass is 225 g/mol. The van der Waals surface area contributed by atoms with Crippen LogP contribution in [0.25, 0.3) is 11.5 Å². The fraction of sp³-hybridized carbons (Fsp3) is 0.125. The lowest BCUT2D eigenvalue weighted by Gasteiger charge is -1.83. The van der Waals surface area contributed by atoms with Crippen molar-refractivity contribution in [1.82, 2.24) is 5.16 Å². The average Bonchev–Trinajstić information content (AvgIpc) is 2.59. The fourth-order valence-electron chi connectivity index (χ4n) is 1.50. The minimum absolute atomic E-state index is 0.745. The molecular formula is C8H4BrNO2. The van der Waals surface area contributed by atoms with Gasteiger partial charge in [-0.05, 0) is 22.0 Å². The molecule has 60 valence electrons. The zero-order valence-corrected chi connectivity index (χ0v) is 7.59. The summed E-state index contributed by atoms with van der Waals surface area (Å²) in [7, 11) is 0. The van der Waals surface area contributed by atoms with E-state index in [0.29, 0.717) is 0 Å². The number of rotatable bonds is 0. The molecule has 0 bridgehead atoms. The average molecular weight is 226 g/mol. The first-order valence-corrected chi connectivity index (χ1v) is 4.36. The third-order valence-electron chi connectivity index (χ3n) is 2.01. The number of nitrogens with zero attached hydrogens (tertiary/aromatic N) is 1. The molecule has 1 aliphatic rings. The molecule has 0 N–H and O–H groups in total. The second-order valence-electron chi connectivity index (χ2n) is 2.76. The molecule has 0 unspecified atom stereocenters. The predicted octanol–water partition coefficient (Wildman–Crippen LogP) is 2.60. The van der Waals surface area contributed by atoms with Crippen molar-refractivity contribution in [3.8, 4) is 11.5 Å². The van der Waals surface area contributed by atoms with Gasteiger partial charge in [-0.2, -0.15) is 0 Å². The zero-order valence-electron chi connectivity index (χ0n) is 6.00. The van der Waals surface area contributed by atoms with Gasteiger partial charge in [0.15, 0.2) is 10.4 Å². The van der Waals surface area contributed by atoms with Crippen LogP contribution in [0.15, 0.2) is 25.9 Å². The molecular weight excluding hydrogens is 222 g/mol. The van der Waals surface area contributed by atoms with Crippen LogP contribution in [0, 0.1) is 0 Å². The summed E-state index contributed by atoms with van der Waals surface area (Å²) < 4.78 is 11.2. The van der Waals surface area contributed by atoms with Crippen molar-refractivity contribution in [3.05, 3.63) is 28.1 Å². The normalized spacial score (nSPS) is 13.1. The molecule has 2 aromatic rings. The maximum Gasteiger partial charge on any atom is 0.205 e. The second-order valence-corrected chi connectivity index (χ2v) is 3.54. The Bertz CT molecular complexity index is 444. The molecule has 0 aromatic carbocycles. The Kier molecular flexibility index (Phi) is 1.09. The van der Waals surface area contributed by atoms with Crippen LogP contribution in [0.3, 0.4) is 0 Å². The molecule has 4 heteroatoms. The molecule has 12 heavy (non-hydrogen) atoms. The van der Waals surface area contributed by atoms with E-state index in [-0.39, 0.29) is 0 Å². The standard InChI is InChI=1S/C8H4BrNO2/c9-6-2-4-1-5-3-10-12-8(5)7(4)11-6/h2-3H,1H2. The third kappa shape index (κ3) is 0.679. The first-order chi connectivity index (χ1) is 5.84. The van der Waals surface area contributed by atoms with E-state index in [0.717, 1.165) is 33.7 Å². The van der Waals surface area contributed by atoms with Crippen molar-refractivity contribution in [2.24, 2.45) is 0 Å². The molecule has 3 rings (SSSR count). The molecule has 0 atom stereocenters. The lowest BCUT2D eigenvalue weighted by Crippen LogP contribution is -1.74. The van der Waals surface area contributed by atoms with E-state index in [2.05, 4.69) is 21.1 Å². The fourth-order valence-corrected chi connectivity index (χ4v) is 1.94. The highest BCUT2D eigenvalue weighted by Crippen LogP contribution is 2.39. The molecule has 1 aliphatic carbocycles. The minimum Gasteiger partial charge on any atom is -0.446 e. The van der Waals surface area contributed by atoms with Crippen LogP contribution in [-0.2, 0) is 6.42 Å². The topological polar surface area (TPSA) is 39.2 Å². The maximum atomic E-state index is 5.39. The van der Waals surface area contributed by atoms with E-state index < -0.39 is 0 Å². The Morgan fingerprint density at radius 2 is 2.25 bits per heavy atom. The summed E-state index contributed by atoms with van der Waals surface area (Å²) in [5, 5.41) is 3.70. The van der Waals surface area contributed by atoms with Gasteiger partial charge in [-0.25, -0.2) is 0 Å². The highest BCUT2D eigenvalue weighted by molar-refractivity contribution is 9.10. The van der Waals surface area contributed by atoms with Crippen molar-refractivity contribution in [2.75, 3.05) is 0 Å². The van der Waals surface area contributed by atoms with Gasteiger partial charge in [0.05, 0.1) is 6.20 Å². The van der Waals surface area contributed by atoms with Crippen LogP contribution in [0.1, 0.15) is 11.1 Å². The summed E-state index contributed by atoms with van der Waals surface area (Å²) in [4.78, 5) is 0. The van der Waals surface area contributed by atoms with E-state index >= 15 is 0 Å². The summed E-state index contributed by atoms with van der Waals surface area (Å²) in [5.74, 6) is 1.59. The van der Waals surface area contributed by atoms with E-state index in [1.54, 1.807) is 6.20 Å². The molecule has 0 radical (unpaired) electrons. The Morgan fingerprint density at radius 1 is 1.33 bits per heavy atom. The summed E-state index contributed by atoms with van der Waals surface area (Å²) in [5.41, 5.74) is 2.27. The Balaban J connectivity index is 2.32. The van der Waals surface area contributed by atoms with Gasteiger partial charge in [0.25, 0.3) is 0 Å². The lowest BCUT2D eigenvalue weighted by molar-refractivity contribution is 0.416. The quantitative estimate of drug-likeness (QED) is 0.591. The lowest BCUT2D eigenvalue weighted by atomic mass is 10.2. The maximum absolute atomic E-state index is 5.39. The molecule has 0 fully saturated rings. The van der Waals surface area contributed by atoms with Gasteiger partial charge in [-0.15, -0.1) is 0 Å². The van der Waals surface area contributed by atoms with E-state index in [1.165, 1.54) is 0 Å². The highest BCUT2D eigenvalue weighted by atomic mass is 79.9. The van der Waals surface area contributed by atoms with Crippen LogP contribution in [-0.4, -0.2) is 5.16 Å². The summed E-state index contributed by atoms with van der Waals surface area (Å²) in [6.07, 6.45) is 2.60. The number of hydrogen-bond donors (Lipinski definition) is 0. The summed E-state index contributed by atoms with van der Waals surface area (Å²) >= 11 is 3.27. The largest absolute Gasteiger partial charge is 0.446 e. The Hall–Kier alpha value is -1.03. The van der Waals surface area contributed by atoms with Gasteiger partial charge in [0.1, 0.15) is 0 Å². The summed E-state index contributed by atoms with van der Waals surface area (Å²) in [6.45, 7) is 0. The molecule has 0 amide bonds. The Morgan fingerprint density at radius 3 is 3.17 bits per heavy atom. The van der Waals surface area contributed by atoms with Gasteiger partial charge in [-0.1, -0.05) is 5.16 Å². The highest BCUT2D eigenvalue weighted by Gasteiger charge is 2.26. The Labute approximate surface area is 76.5 Å². The number of fused-ring (bicyclic) bond motifs is 3. The second kappa shape index (κ2) is 2.01. The van der Waals surface area contributed by atoms with Crippen LogP contribution < -0.4 is 0 Å². The molecule has 2 aromatic heterocycles. The van der Waals surface area contributed by atoms with Crippen molar-refractivity contribution in [1.29, 1.82) is 0 Å². The van der Waals surface area contributed by atoms with Gasteiger partial charge >= 0.3 is 0 Å². The smallest absolute Gasteiger partial charge is 0.205 e. The molecule has 2 heterocycles.